The lowest BCUT2D eigenvalue weighted by Crippen LogP contribution is -2.41. The molecule has 2 rings (SSSR count). The molecule has 0 aliphatic carbocycles. The van der Waals surface area contributed by atoms with E-state index in [-0.39, 0.29) is 5.91 Å². The van der Waals surface area contributed by atoms with E-state index >= 15 is 0 Å². The molecule has 1 saturated heterocycles. The number of amides is 1. The van der Waals surface area contributed by atoms with E-state index < -0.39 is 6.10 Å². The lowest BCUT2D eigenvalue weighted by Gasteiger charge is -2.24. The van der Waals surface area contributed by atoms with Gasteiger partial charge in [-0.3, -0.25) is 4.79 Å². The van der Waals surface area contributed by atoms with Crippen LogP contribution < -0.4 is 10.1 Å². The van der Waals surface area contributed by atoms with Gasteiger partial charge < -0.3 is 15.0 Å². The summed E-state index contributed by atoms with van der Waals surface area (Å²) in [6, 6.07) is 7.91. The van der Waals surface area contributed by atoms with Crippen molar-refractivity contribution in [1.29, 1.82) is 0 Å². The first-order chi connectivity index (χ1) is 10.2. The predicted octanol–water partition coefficient (Wildman–Crippen LogP) is 2.58. The van der Waals surface area contributed by atoms with Crippen LogP contribution in [0.4, 0.5) is 0 Å². The Balaban J connectivity index is 1.94. The van der Waals surface area contributed by atoms with Crippen molar-refractivity contribution in [3.05, 3.63) is 29.8 Å². The molecule has 1 aliphatic rings. The maximum Gasteiger partial charge on any atom is 0.263 e. The molecule has 1 aromatic carbocycles. The molecular weight excluding hydrogens is 264 g/mol. The van der Waals surface area contributed by atoms with Crippen molar-refractivity contribution in [1.82, 2.24) is 10.2 Å². The molecule has 0 aromatic heterocycles. The van der Waals surface area contributed by atoms with E-state index in [4.69, 9.17) is 4.74 Å². The zero-order chi connectivity index (χ0) is 15.1. The van der Waals surface area contributed by atoms with Gasteiger partial charge in [0.05, 0.1) is 0 Å². The number of nitrogens with zero attached hydrogens (tertiary/aromatic N) is 1. The summed E-state index contributed by atoms with van der Waals surface area (Å²) in [6.45, 7) is 4.38. The van der Waals surface area contributed by atoms with Gasteiger partial charge in [-0.25, -0.2) is 0 Å². The molecule has 4 heteroatoms. The number of hydrogen-bond acceptors (Lipinski definition) is 3. The SMILES string of the molecule is CNCc1cccc(OC(C)C(=O)N2CCCCCC2)c1. The molecule has 1 atom stereocenters. The van der Waals surface area contributed by atoms with Gasteiger partial charge in [0.1, 0.15) is 5.75 Å². The van der Waals surface area contributed by atoms with Crippen LogP contribution in [0.25, 0.3) is 0 Å². The summed E-state index contributed by atoms with van der Waals surface area (Å²) in [5, 5.41) is 3.12. The van der Waals surface area contributed by atoms with Crippen LogP contribution in [0, 0.1) is 0 Å². The molecule has 0 spiro atoms. The van der Waals surface area contributed by atoms with Crippen molar-refractivity contribution < 1.29 is 9.53 Å². The van der Waals surface area contributed by atoms with Gasteiger partial charge in [0.2, 0.25) is 0 Å². The highest BCUT2D eigenvalue weighted by Crippen LogP contribution is 2.17. The fourth-order valence-electron chi connectivity index (χ4n) is 2.74. The maximum absolute atomic E-state index is 12.5. The zero-order valence-electron chi connectivity index (χ0n) is 13.1. The van der Waals surface area contributed by atoms with Crippen molar-refractivity contribution in [2.75, 3.05) is 20.1 Å². The lowest BCUT2D eigenvalue weighted by molar-refractivity contribution is -0.137. The molecule has 1 N–H and O–H groups in total. The third-order valence-electron chi connectivity index (χ3n) is 3.86. The molecule has 4 nitrogen and oxygen atoms in total. The topological polar surface area (TPSA) is 41.6 Å². The lowest BCUT2D eigenvalue weighted by atomic mass is 10.2. The molecular formula is C17H26N2O2. The van der Waals surface area contributed by atoms with E-state index in [1.54, 1.807) is 0 Å². The summed E-state index contributed by atoms with van der Waals surface area (Å²) in [4.78, 5) is 14.4. The van der Waals surface area contributed by atoms with Crippen LogP contribution in [0.3, 0.4) is 0 Å². The van der Waals surface area contributed by atoms with Crippen molar-refractivity contribution in [3.63, 3.8) is 0 Å². The van der Waals surface area contributed by atoms with E-state index in [0.29, 0.717) is 0 Å². The second-order valence-electron chi connectivity index (χ2n) is 5.68. The molecule has 0 saturated carbocycles. The average Bonchev–Trinajstić information content (AvgIpc) is 2.76. The van der Waals surface area contributed by atoms with Crippen LogP contribution >= 0.6 is 0 Å². The van der Waals surface area contributed by atoms with Crippen LogP contribution in [0.15, 0.2) is 24.3 Å². The van der Waals surface area contributed by atoms with E-state index in [0.717, 1.165) is 43.8 Å². The number of hydrogen-bond donors (Lipinski definition) is 1. The highest BCUT2D eigenvalue weighted by molar-refractivity contribution is 5.80. The smallest absolute Gasteiger partial charge is 0.263 e. The first-order valence-electron chi connectivity index (χ1n) is 7.89. The minimum absolute atomic E-state index is 0.107. The summed E-state index contributed by atoms with van der Waals surface area (Å²) >= 11 is 0. The first-order valence-corrected chi connectivity index (χ1v) is 7.89. The fraction of sp³-hybridized carbons (Fsp3) is 0.588. The van der Waals surface area contributed by atoms with Gasteiger partial charge >= 0.3 is 0 Å². The van der Waals surface area contributed by atoms with Crippen LogP contribution in [-0.2, 0) is 11.3 Å². The Morgan fingerprint density at radius 1 is 1.29 bits per heavy atom. The Labute approximate surface area is 127 Å². The molecule has 116 valence electrons. The van der Waals surface area contributed by atoms with Gasteiger partial charge in [-0.15, -0.1) is 0 Å². The van der Waals surface area contributed by atoms with Crippen LogP contribution in [-0.4, -0.2) is 37.0 Å². The van der Waals surface area contributed by atoms with Crippen molar-refractivity contribution in [2.45, 2.75) is 45.3 Å². The third-order valence-corrected chi connectivity index (χ3v) is 3.86. The largest absolute Gasteiger partial charge is 0.481 e. The fourth-order valence-corrected chi connectivity index (χ4v) is 2.74. The monoisotopic (exact) mass is 290 g/mol. The number of ether oxygens (including phenoxy) is 1. The minimum Gasteiger partial charge on any atom is -0.481 e. The summed E-state index contributed by atoms with van der Waals surface area (Å²) in [5.41, 5.74) is 1.16. The van der Waals surface area contributed by atoms with Crippen molar-refractivity contribution in [3.8, 4) is 5.75 Å². The molecule has 21 heavy (non-hydrogen) atoms. The average molecular weight is 290 g/mol. The number of nitrogens with one attached hydrogen (secondary N) is 1. The number of carbonyl (C=O) groups is 1. The molecule has 0 radical (unpaired) electrons. The van der Waals surface area contributed by atoms with Gasteiger partial charge in [0.15, 0.2) is 6.10 Å². The van der Waals surface area contributed by atoms with Crippen LogP contribution in [0.1, 0.15) is 38.2 Å². The molecule has 1 unspecified atom stereocenters. The molecule has 1 heterocycles. The quantitative estimate of drug-likeness (QED) is 0.906. The maximum atomic E-state index is 12.5. The number of likely N-dealkylation sites (tertiary alicyclic amines) is 1. The normalized spacial score (nSPS) is 17.1. The highest BCUT2D eigenvalue weighted by Gasteiger charge is 2.22. The Morgan fingerprint density at radius 2 is 2.00 bits per heavy atom. The minimum atomic E-state index is -0.423. The molecule has 1 fully saturated rings. The van der Waals surface area contributed by atoms with Gasteiger partial charge in [-0.1, -0.05) is 25.0 Å². The van der Waals surface area contributed by atoms with Gasteiger partial charge in [-0.05, 0) is 44.5 Å². The Morgan fingerprint density at radius 3 is 2.67 bits per heavy atom. The molecule has 1 aromatic rings. The van der Waals surface area contributed by atoms with Crippen LogP contribution in [0.5, 0.6) is 5.75 Å². The van der Waals surface area contributed by atoms with Crippen LogP contribution in [0.2, 0.25) is 0 Å². The zero-order valence-corrected chi connectivity index (χ0v) is 13.1. The van der Waals surface area contributed by atoms with Crippen molar-refractivity contribution >= 4 is 5.91 Å². The number of carbonyl (C=O) groups excluding carboxylic acids is 1. The first kappa shape index (κ1) is 15.8. The van der Waals surface area contributed by atoms with E-state index in [1.165, 1.54) is 12.8 Å². The second-order valence-corrected chi connectivity index (χ2v) is 5.68. The molecule has 1 aliphatic heterocycles. The predicted molar refractivity (Wildman–Crippen MR) is 84.3 cm³/mol. The number of rotatable bonds is 5. The molecule has 1 amide bonds. The van der Waals surface area contributed by atoms with Gasteiger partial charge in [-0.2, -0.15) is 0 Å². The van der Waals surface area contributed by atoms with Gasteiger partial charge in [0, 0.05) is 19.6 Å². The summed E-state index contributed by atoms with van der Waals surface area (Å²) in [5.74, 6) is 0.870. The highest BCUT2D eigenvalue weighted by atomic mass is 16.5. The Kier molecular flexibility index (Phi) is 6.05. The number of benzene rings is 1. The summed E-state index contributed by atoms with van der Waals surface area (Å²) in [7, 11) is 1.92. The van der Waals surface area contributed by atoms with E-state index in [9.17, 15) is 4.79 Å². The third kappa shape index (κ3) is 4.74. The van der Waals surface area contributed by atoms with Gasteiger partial charge in [0.25, 0.3) is 5.91 Å². The summed E-state index contributed by atoms with van der Waals surface area (Å²) < 4.78 is 5.84. The summed E-state index contributed by atoms with van der Waals surface area (Å²) in [6.07, 6.45) is 4.25. The van der Waals surface area contributed by atoms with E-state index in [1.807, 2.05) is 43.1 Å². The second kappa shape index (κ2) is 8.03. The Hall–Kier alpha value is -1.55. The van der Waals surface area contributed by atoms with E-state index in [2.05, 4.69) is 5.32 Å². The molecule has 0 bridgehead atoms. The Bertz CT molecular complexity index is 454. The van der Waals surface area contributed by atoms with Crippen molar-refractivity contribution in [2.24, 2.45) is 0 Å². The standard InChI is InChI=1S/C17H26N2O2/c1-14(17(20)19-10-5-3-4-6-11-19)21-16-9-7-8-15(12-16)13-18-2/h7-9,12,14,18H,3-6,10-11,13H2,1-2H3.